The van der Waals surface area contributed by atoms with Gasteiger partial charge in [0, 0.05) is 22.7 Å². The van der Waals surface area contributed by atoms with E-state index in [4.69, 9.17) is 0 Å². The summed E-state index contributed by atoms with van der Waals surface area (Å²) in [4.78, 5) is 27.9. The Morgan fingerprint density at radius 2 is 2.00 bits per heavy atom. The molecule has 4 nitrogen and oxygen atoms in total. The summed E-state index contributed by atoms with van der Waals surface area (Å²) in [5.74, 6) is -0.976. The first-order chi connectivity index (χ1) is 12.1. The van der Waals surface area contributed by atoms with Crippen LogP contribution in [0, 0.1) is 5.82 Å². The van der Waals surface area contributed by atoms with Crippen LogP contribution in [0.1, 0.15) is 23.2 Å². The van der Waals surface area contributed by atoms with Gasteiger partial charge in [0.1, 0.15) is 11.9 Å². The lowest BCUT2D eigenvalue weighted by molar-refractivity contribution is -0.119. The summed E-state index contributed by atoms with van der Waals surface area (Å²) in [5, 5.41) is 2.89. The zero-order chi connectivity index (χ0) is 17.8. The molecule has 1 heterocycles. The summed E-state index contributed by atoms with van der Waals surface area (Å²) in [5.41, 5.74) is 0.978. The van der Waals surface area contributed by atoms with Crippen LogP contribution in [-0.4, -0.2) is 35.6 Å². The summed E-state index contributed by atoms with van der Waals surface area (Å²) < 4.78 is 13.4. The molecule has 1 aliphatic rings. The molecule has 0 spiro atoms. The van der Waals surface area contributed by atoms with Gasteiger partial charge in [-0.15, -0.1) is 11.8 Å². The van der Waals surface area contributed by atoms with Gasteiger partial charge in [-0.05, 0) is 55.5 Å². The van der Waals surface area contributed by atoms with Crippen LogP contribution in [0.25, 0.3) is 0 Å². The van der Waals surface area contributed by atoms with Crippen LogP contribution in [-0.2, 0) is 4.79 Å². The minimum atomic E-state index is -0.534. The topological polar surface area (TPSA) is 49.4 Å². The summed E-state index contributed by atoms with van der Waals surface area (Å²) >= 11 is 1.60. The lowest BCUT2D eigenvalue weighted by Crippen LogP contribution is -2.43. The van der Waals surface area contributed by atoms with Crippen molar-refractivity contribution in [2.24, 2.45) is 0 Å². The van der Waals surface area contributed by atoms with Crippen LogP contribution in [0.5, 0.6) is 0 Å². The standard InChI is InChI=1S/C19H19FN2O2S/c1-25-16-8-3-7-15(12-16)21-18(23)17-9-4-10-22(17)19(24)13-5-2-6-14(20)11-13/h2-3,5-8,11-12,17H,4,9-10H2,1H3,(H,21,23)/t17-/m0/s1. The summed E-state index contributed by atoms with van der Waals surface area (Å²) in [7, 11) is 0. The average Bonchev–Trinajstić information content (AvgIpc) is 3.11. The van der Waals surface area contributed by atoms with Crippen molar-refractivity contribution in [2.45, 2.75) is 23.8 Å². The molecule has 1 atom stereocenters. The van der Waals surface area contributed by atoms with Gasteiger partial charge in [0.25, 0.3) is 5.91 Å². The van der Waals surface area contributed by atoms with Crippen molar-refractivity contribution >= 4 is 29.3 Å². The number of carbonyl (C=O) groups is 2. The molecule has 0 aromatic heterocycles. The van der Waals surface area contributed by atoms with E-state index in [0.717, 1.165) is 11.3 Å². The number of carbonyl (C=O) groups excluding carboxylic acids is 2. The van der Waals surface area contributed by atoms with Crippen LogP contribution < -0.4 is 5.32 Å². The van der Waals surface area contributed by atoms with E-state index in [1.165, 1.54) is 23.1 Å². The fourth-order valence-electron chi connectivity index (χ4n) is 3.00. The highest BCUT2D eigenvalue weighted by atomic mass is 32.2. The van der Waals surface area contributed by atoms with E-state index in [1.54, 1.807) is 17.8 Å². The van der Waals surface area contributed by atoms with Crippen LogP contribution in [0.3, 0.4) is 0 Å². The first kappa shape index (κ1) is 17.5. The number of thioether (sulfide) groups is 1. The number of amides is 2. The van der Waals surface area contributed by atoms with Gasteiger partial charge in [-0.3, -0.25) is 9.59 Å². The maximum absolute atomic E-state index is 13.4. The predicted octanol–water partition coefficient (Wildman–Crippen LogP) is 3.79. The van der Waals surface area contributed by atoms with E-state index in [-0.39, 0.29) is 17.4 Å². The minimum absolute atomic E-state index is 0.208. The summed E-state index contributed by atoms with van der Waals surface area (Å²) in [6.07, 6.45) is 3.33. The van der Waals surface area contributed by atoms with Gasteiger partial charge in [0.2, 0.25) is 5.91 Å². The van der Waals surface area contributed by atoms with E-state index < -0.39 is 11.9 Å². The Labute approximate surface area is 150 Å². The zero-order valence-electron chi connectivity index (χ0n) is 13.9. The van der Waals surface area contributed by atoms with Crippen molar-refractivity contribution in [3.8, 4) is 0 Å². The van der Waals surface area contributed by atoms with Crippen molar-refractivity contribution in [1.29, 1.82) is 0 Å². The number of hydrogen-bond donors (Lipinski definition) is 1. The summed E-state index contributed by atoms with van der Waals surface area (Å²) in [6, 6.07) is 12.6. The molecule has 3 rings (SSSR count). The Balaban J connectivity index is 1.74. The molecule has 1 aliphatic heterocycles. The molecule has 2 aromatic rings. The molecule has 2 aromatic carbocycles. The van der Waals surface area contributed by atoms with Gasteiger partial charge < -0.3 is 10.2 Å². The monoisotopic (exact) mass is 358 g/mol. The third kappa shape index (κ3) is 4.02. The Morgan fingerprint density at radius 3 is 2.76 bits per heavy atom. The first-order valence-corrected chi connectivity index (χ1v) is 9.32. The molecule has 6 heteroatoms. The maximum atomic E-state index is 13.4. The SMILES string of the molecule is CSc1cccc(NC(=O)[C@@H]2CCCN2C(=O)c2cccc(F)c2)c1. The van der Waals surface area contributed by atoms with Crippen LogP contribution >= 0.6 is 11.8 Å². The van der Waals surface area contributed by atoms with E-state index in [1.807, 2.05) is 30.5 Å². The van der Waals surface area contributed by atoms with Crippen LogP contribution in [0.2, 0.25) is 0 Å². The fraction of sp³-hybridized carbons (Fsp3) is 0.263. The van der Waals surface area contributed by atoms with E-state index in [9.17, 15) is 14.0 Å². The third-order valence-electron chi connectivity index (χ3n) is 4.23. The molecule has 0 unspecified atom stereocenters. The second-order valence-electron chi connectivity index (χ2n) is 5.89. The minimum Gasteiger partial charge on any atom is -0.327 e. The van der Waals surface area contributed by atoms with E-state index in [0.29, 0.717) is 18.7 Å². The highest BCUT2D eigenvalue weighted by molar-refractivity contribution is 7.98. The Morgan fingerprint density at radius 1 is 1.20 bits per heavy atom. The molecule has 2 amide bonds. The number of hydrogen-bond acceptors (Lipinski definition) is 3. The Kier molecular flexibility index (Phi) is 5.38. The van der Waals surface area contributed by atoms with E-state index in [2.05, 4.69) is 5.32 Å². The van der Waals surface area contributed by atoms with Gasteiger partial charge in [0.05, 0.1) is 0 Å². The van der Waals surface area contributed by atoms with Crippen molar-refractivity contribution in [1.82, 2.24) is 4.90 Å². The van der Waals surface area contributed by atoms with E-state index >= 15 is 0 Å². The lowest BCUT2D eigenvalue weighted by Gasteiger charge is -2.24. The van der Waals surface area contributed by atoms with Gasteiger partial charge in [0.15, 0.2) is 0 Å². The second-order valence-corrected chi connectivity index (χ2v) is 6.77. The number of anilines is 1. The van der Waals surface area contributed by atoms with Crippen LogP contribution in [0.4, 0.5) is 10.1 Å². The molecule has 1 fully saturated rings. The summed E-state index contributed by atoms with van der Waals surface area (Å²) in [6.45, 7) is 0.498. The maximum Gasteiger partial charge on any atom is 0.254 e. The Bertz CT molecular complexity index is 796. The quantitative estimate of drug-likeness (QED) is 0.846. The number of nitrogens with one attached hydrogen (secondary N) is 1. The van der Waals surface area contributed by atoms with Gasteiger partial charge >= 0.3 is 0 Å². The second kappa shape index (κ2) is 7.70. The lowest BCUT2D eigenvalue weighted by atomic mass is 10.1. The van der Waals surface area contributed by atoms with Crippen molar-refractivity contribution in [2.75, 3.05) is 18.1 Å². The first-order valence-electron chi connectivity index (χ1n) is 8.10. The Hall–Kier alpha value is -2.34. The molecule has 1 saturated heterocycles. The molecule has 0 radical (unpaired) electrons. The molecule has 130 valence electrons. The number of halogens is 1. The molecular formula is C19H19FN2O2S. The highest BCUT2D eigenvalue weighted by Gasteiger charge is 2.34. The van der Waals surface area contributed by atoms with Gasteiger partial charge in [-0.1, -0.05) is 12.1 Å². The normalized spacial score (nSPS) is 16.7. The number of nitrogens with zero attached hydrogens (tertiary/aromatic N) is 1. The zero-order valence-corrected chi connectivity index (χ0v) is 14.7. The third-order valence-corrected chi connectivity index (χ3v) is 4.95. The van der Waals surface area contributed by atoms with Crippen molar-refractivity contribution in [3.05, 3.63) is 59.9 Å². The smallest absolute Gasteiger partial charge is 0.254 e. The molecule has 1 N–H and O–H groups in total. The van der Waals surface area contributed by atoms with Crippen molar-refractivity contribution < 1.29 is 14.0 Å². The predicted molar refractivity (Wildman–Crippen MR) is 97.3 cm³/mol. The van der Waals surface area contributed by atoms with Crippen molar-refractivity contribution in [3.63, 3.8) is 0 Å². The van der Waals surface area contributed by atoms with Gasteiger partial charge in [-0.25, -0.2) is 4.39 Å². The number of likely N-dealkylation sites (tertiary alicyclic amines) is 1. The molecule has 0 aliphatic carbocycles. The van der Waals surface area contributed by atoms with Crippen LogP contribution in [0.15, 0.2) is 53.4 Å². The molecule has 0 bridgehead atoms. The highest BCUT2D eigenvalue weighted by Crippen LogP contribution is 2.23. The number of rotatable bonds is 4. The van der Waals surface area contributed by atoms with Gasteiger partial charge in [-0.2, -0.15) is 0 Å². The largest absolute Gasteiger partial charge is 0.327 e. The molecular weight excluding hydrogens is 339 g/mol. The molecule has 25 heavy (non-hydrogen) atoms. The average molecular weight is 358 g/mol. The fourth-order valence-corrected chi connectivity index (χ4v) is 3.46. The molecule has 0 saturated carbocycles. The number of benzene rings is 2.